The Labute approximate surface area is 105 Å². The molecule has 7 heteroatoms. The Morgan fingerprint density at radius 1 is 1.69 bits per heavy atom. The first-order valence-corrected chi connectivity index (χ1v) is 5.53. The molecule has 0 unspecified atom stereocenters. The summed E-state index contributed by atoms with van der Waals surface area (Å²) in [4.78, 5) is 11.2. The molecule has 2 aromatic rings. The van der Waals surface area contributed by atoms with Crippen LogP contribution in [0.3, 0.4) is 0 Å². The van der Waals surface area contributed by atoms with Gasteiger partial charge in [0.25, 0.3) is 5.91 Å². The first-order valence-electron chi connectivity index (χ1n) is 4.45. The highest BCUT2D eigenvalue weighted by Gasteiger charge is 2.09. The van der Waals surface area contributed by atoms with Gasteiger partial charge in [0, 0.05) is 6.20 Å². The van der Waals surface area contributed by atoms with Crippen LogP contribution < -0.4 is 11.3 Å². The number of nitrogens with zero attached hydrogens (tertiary/aromatic N) is 2. The molecule has 0 atom stereocenters. The Kier molecular flexibility index (Phi) is 3.25. The van der Waals surface area contributed by atoms with Crippen molar-refractivity contribution in [3.05, 3.63) is 39.6 Å². The molecular formula is C9H9IN4O2. The molecular weight excluding hydrogens is 323 g/mol. The maximum absolute atomic E-state index is 11.2. The number of carbonyl (C=O) groups is 1. The summed E-state index contributed by atoms with van der Waals surface area (Å²) >= 11 is 2.17. The molecule has 0 aromatic carbocycles. The monoisotopic (exact) mass is 332 g/mol. The van der Waals surface area contributed by atoms with Gasteiger partial charge < -0.3 is 4.42 Å². The van der Waals surface area contributed by atoms with Gasteiger partial charge in [-0.2, -0.15) is 5.10 Å². The summed E-state index contributed by atoms with van der Waals surface area (Å²) in [6, 6.07) is 1.64. The van der Waals surface area contributed by atoms with E-state index in [1.165, 1.54) is 6.26 Å². The predicted molar refractivity (Wildman–Crippen MR) is 64.4 cm³/mol. The van der Waals surface area contributed by atoms with Crippen molar-refractivity contribution in [2.45, 2.75) is 6.54 Å². The highest BCUT2D eigenvalue weighted by molar-refractivity contribution is 14.1. The van der Waals surface area contributed by atoms with Crippen molar-refractivity contribution in [3.63, 3.8) is 0 Å². The zero-order valence-electron chi connectivity index (χ0n) is 8.18. The minimum atomic E-state index is -0.370. The minimum Gasteiger partial charge on any atom is -0.467 e. The quantitative estimate of drug-likeness (QED) is 0.376. The van der Waals surface area contributed by atoms with Crippen molar-refractivity contribution in [1.29, 1.82) is 0 Å². The average Bonchev–Trinajstić information content (AvgIpc) is 2.87. The van der Waals surface area contributed by atoms with Crippen LogP contribution in [0.5, 0.6) is 0 Å². The zero-order valence-corrected chi connectivity index (χ0v) is 10.3. The average molecular weight is 332 g/mol. The van der Waals surface area contributed by atoms with Crippen molar-refractivity contribution in [1.82, 2.24) is 15.2 Å². The Hall–Kier alpha value is -1.35. The number of furan rings is 1. The third kappa shape index (κ3) is 2.42. The molecule has 16 heavy (non-hydrogen) atoms. The van der Waals surface area contributed by atoms with Gasteiger partial charge in [0.1, 0.15) is 12.0 Å². The van der Waals surface area contributed by atoms with Crippen LogP contribution in [0.2, 0.25) is 0 Å². The van der Waals surface area contributed by atoms with E-state index < -0.39 is 0 Å². The van der Waals surface area contributed by atoms with Gasteiger partial charge in [-0.1, -0.05) is 0 Å². The van der Waals surface area contributed by atoms with E-state index >= 15 is 0 Å². The number of aromatic nitrogens is 2. The molecule has 0 saturated heterocycles. The fourth-order valence-electron chi connectivity index (χ4n) is 1.25. The van der Waals surface area contributed by atoms with E-state index in [4.69, 9.17) is 10.3 Å². The molecule has 2 aromatic heterocycles. The maximum Gasteiger partial charge on any atom is 0.268 e. The lowest BCUT2D eigenvalue weighted by molar-refractivity contribution is 0.0953. The van der Waals surface area contributed by atoms with E-state index in [0.717, 1.165) is 3.57 Å². The second-order valence-electron chi connectivity index (χ2n) is 3.13. The van der Waals surface area contributed by atoms with Crippen LogP contribution in [0.15, 0.2) is 29.1 Å². The Morgan fingerprint density at radius 2 is 2.50 bits per heavy atom. The van der Waals surface area contributed by atoms with Crippen LogP contribution in [0.1, 0.15) is 16.1 Å². The van der Waals surface area contributed by atoms with Crippen molar-refractivity contribution < 1.29 is 9.21 Å². The number of carbonyl (C=O) groups excluding carboxylic acids is 1. The first-order chi connectivity index (χ1) is 7.69. The van der Waals surface area contributed by atoms with Gasteiger partial charge in [-0.15, -0.1) is 0 Å². The molecule has 6 nitrogen and oxygen atoms in total. The van der Waals surface area contributed by atoms with Crippen molar-refractivity contribution in [2.24, 2.45) is 5.84 Å². The summed E-state index contributed by atoms with van der Waals surface area (Å²) < 4.78 is 7.99. The third-order valence-electron chi connectivity index (χ3n) is 1.97. The van der Waals surface area contributed by atoms with Crippen molar-refractivity contribution >= 4 is 28.5 Å². The fourth-order valence-corrected chi connectivity index (χ4v) is 1.70. The summed E-state index contributed by atoms with van der Waals surface area (Å²) in [6.45, 7) is 0.487. The van der Waals surface area contributed by atoms with Crippen LogP contribution >= 0.6 is 22.6 Å². The van der Waals surface area contributed by atoms with E-state index in [1.807, 2.05) is 11.6 Å². The molecule has 0 aliphatic heterocycles. The largest absolute Gasteiger partial charge is 0.467 e. The number of rotatable bonds is 3. The lowest BCUT2D eigenvalue weighted by Gasteiger charge is -1.95. The molecule has 0 aliphatic carbocycles. The Balaban J connectivity index is 2.11. The van der Waals surface area contributed by atoms with Gasteiger partial charge >= 0.3 is 0 Å². The van der Waals surface area contributed by atoms with Crippen LogP contribution in [0.25, 0.3) is 0 Å². The number of nitrogens with two attached hydrogens (primary N) is 1. The number of hydrogen-bond acceptors (Lipinski definition) is 4. The summed E-state index contributed by atoms with van der Waals surface area (Å²) in [7, 11) is 0. The van der Waals surface area contributed by atoms with Gasteiger partial charge in [-0.05, 0) is 28.7 Å². The SMILES string of the molecule is NNC(=O)c1coc(Cn2cc(I)cn2)c1. The Bertz CT molecular complexity index is 505. The zero-order chi connectivity index (χ0) is 11.5. The van der Waals surface area contributed by atoms with Gasteiger partial charge in [0.05, 0.1) is 21.9 Å². The molecule has 0 aliphatic rings. The molecule has 0 radical (unpaired) electrons. The van der Waals surface area contributed by atoms with E-state index in [1.54, 1.807) is 16.9 Å². The number of hydrogen-bond donors (Lipinski definition) is 2. The predicted octanol–water partition coefficient (Wildman–Crippen LogP) is 0.732. The van der Waals surface area contributed by atoms with E-state index in [2.05, 4.69) is 27.7 Å². The molecule has 0 fully saturated rings. The standard InChI is InChI=1S/C9H9IN4O2/c10-7-2-12-14(3-7)4-8-1-6(5-16-8)9(15)13-11/h1-3,5H,4,11H2,(H,13,15). The molecule has 3 N–H and O–H groups in total. The van der Waals surface area contributed by atoms with E-state index in [0.29, 0.717) is 17.9 Å². The molecule has 1 amide bonds. The second kappa shape index (κ2) is 4.66. The first kappa shape index (κ1) is 11.1. The van der Waals surface area contributed by atoms with Gasteiger partial charge in [-0.25, -0.2) is 5.84 Å². The van der Waals surface area contributed by atoms with E-state index in [-0.39, 0.29) is 5.91 Å². The number of nitrogen functional groups attached to an aromatic ring is 1. The van der Waals surface area contributed by atoms with E-state index in [9.17, 15) is 4.79 Å². The van der Waals surface area contributed by atoms with Crippen LogP contribution in [-0.2, 0) is 6.54 Å². The highest BCUT2D eigenvalue weighted by Crippen LogP contribution is 2.10. The number of nitrogens with one attached hydrogen (secondary N) is 1. The number of amides is 1. The van der Waals surface area contributed by atoms with Crippen LogP contribution in [0, 0.1) is 3.57 Å². The normalized spacial score (nSPS) is 10.4. The minimum absolute atomic E-state index is 0.370. The molecule has 2 heterocycles. The van der Waals surface area contributed by atoms with Crippen LogP contribution in [0.4, 0.5) is 0 Å². The van der Waals surface area contributed by atoms with Gasteiger partial charge in [0.15, 0.2) is 0 Å². The maximum atomic E-state index is 11.2. The second-order valence-corrected chi connectivity index (χ2v) is 4.38. The number of halogens is 1. The Morgan fingerprint density at radius 3 is 3.12 bits per heavy atom. The van der Waals surface area contributed by atoms with Crippen molar-refractivity contribution in [3.8, 4) is 0 Å². The smallest absolute Gasteiger partial charge is 0.268 e. The molecule has 0 bridgehead atoms. The van der Waals surface area contributed by atoms with Gasteiger partial charge in [0.2, 0.25) is 0 Å². The van der Waals surface area contributed by atoms with Crippen LogP contribution in [-0.4, -0.2) is 15.7 Å². The summed E-state index contributed by atoms with van der Waals surface area (Å²) in [5.74, 6) is 5.29. The summed E-state index contributed by atoms with van der Waals surface area (Å²) in [5.41, 5.74) is 2.44. The molecule has 0 spiro atoms. The lowest BCUT2D eigenvalue weighted by Crippen LogP contribution is -2.29. The summed E-state index contributed by atoms with van der Waals surface area (Å²) in [6.07, 6.45) is 4.99. The molecule has 84 valence electrons. The highest BCUT2D eigenvalue weighted by atomic mass is 127. The lowest BCUT2D eigenvalue weighted by atomic mass is 10.3. The molecule has 2 rings (SSSR count). The number of hydrazine groups is 1. The third-order valence-corrected chi connectivity index (χ3v) is 2.52. The molecule has 0 saturated carbocycles. The van der Waals surface area contributed by atoms with Crippen molar-refractivity contribution in [2.75, 3.05) is 0 Å². The summed E-state index contributed by atoms with van der Waals surface area (Å²) in [5, 5.41) is 4.11. The topological polar surface area (TPSA) is 86.1 Å². The van der Waals surface area contributed by atoms with Gasteiger partial charge in [-0.3, -0.25) is 14.9 Å². The fraction of sp³-hybridized carbons (Fsp3) is 0.111.